The maximum absolute atomic E-state index is 6.06. The van der Waals surface area contributed by atoms with E-state index in [1.807, 2.05) is 12.1 Å². The number of fused-ring (bicyclic) bond motifs is 1. The molecule has 0 aromatic heterocycles. The van der Waals surface area contributed by atoms with Crippen LogP contribution in [0.25, 0.3) is 0 Å². The second-order valence-electron chi connectivity index (χ2n) is 3.52. The third-order valence-electron chi connectivity index (χ3n) is 2.41. The van der Waals surface area contributed by atoms with Crippen LogP contribution in [-0.2, 0) is 13.0 Å². The van der Waals surface area contributed by atoms with Crippen LogP contribution in [0.1, 0.15) is 11.1 Å². The largest absolute Gasteiger partial charge is 0.493 e. The minimum Gasteiger partial charge on any atom is -0.493 e. The summed E-state index contributed by atoms with van der Waals surface area (Å²) in [6.07, 6.45) is 0.981. The Morgan fingerprint density at radius 1 is 1.47 bits per heavy atom. The van der Waals surface area contributed by atoms with Gasteiger partial charge in [0, 0.05) is 34.5 Å². The molecule has 0 amide bonds. The fourth-order valence-electron chi connectivity index (χ4n) is 1.77. The van der Waals surface area contributed by atoms with Crippen molar-refractivity contribution in [1.82, 2.24) is 5.32 Å². The summed E-state index contributed by atoms with van der Waals surface area (Å²) in [7, 11) is 0. The van der Waals surface area contributed by atoms with Crippen LogP contribution in [0, 0.1) is 0 Å². The van der Waals surface area contributed by atoms with Gasteiger partial charge in [-0.05, 0) is 17.7 Å². The third-order valence-corrected chi connectivity index (χ3v) is 3.17. The normalized spacial score (nSPS) is 13.7. The van der Waals surface area contributed by atoms with Crippen LogP contribution in [-0.4, -0.2) is 17.6 Å². The summed E-state index contributed by atoms with van der Waals surface area (Å²) >= 11 is 8.41. The Bertz CT molecular complexity index is 357. The van der Waals surface area contributed by atoms with Crippen molar-refractivity contribution in [3.8, 4) is 5.75 Å². The Labute approximate surface area is 108 Å². The third kappa shape index (κ3) is 2.77. The van der Waals surface area contributed by atoms with Crippen molar-refractivity contribution < 1.29 is 4.74 Å². The minimum absolute atomic E-state index is 0.787. The number of rotatable bonds is 4. The number of benzene rings is 1. The van der Waals surface area contributed by atoms with E-state index in [-0.39, 0.29) is 0 Å². The first-order chi connectivity index (χ1) is 7.31. The van der Waals surface area contributed by atoms with Crippen LogP contribution in [0.4, 0.5) is 0 Å². The second kappa shape index (κ2) is 5.37. The summed E-state index contributed by atoms with van der Waals surface area (Å²) in [6.45, 7) is 2.64. The number of halogens is 2. The molecule has 0 radical (unpaired) electrons. The first-order valence-corrected chi connectivity index (χ1v) is 6.92. The molecule has 1 aromatic rings. The van der Waals surface area contributed by atoms with Crippen LogP contribution in [0.3, 0.4) is 0 Å². The van der Waals surface area contributed by atoms with Gasteiger partial charge in [-0.25, -0.2) is 0 Å². The summed E-state index contributed by atoms with van der Waals surface area (Å²) in [4.78, 5) is 0. The number of alkyl halides is 1. The first kappa shape index (κ1) is 11.5. The van der Waals surface area contributed by atoms with E-state index in [0.29, 0.717) is 0 Å². The van der Waals surface area contributed by atoms with Crippen LogP contribution in [0.5, 0.6) is 5.75 Å². The fraction of sp³-hybridized carbons (Fsp3) is 0.455. The maximum Gasteiger partial charge on any atom is 0.127 e. The highest BCUT2D eigenvalue weighted by atomic mass is 127. The molecule has 15 heavy (non-hydrogen) atoms. The molecule has 0 unspecified atom stereocenters. The van der Waals surface area contributed by atoms with Gasteiger partial charge in [0.2, 0.25) is 0 Å². The molecule has 2 nitrogen and oxygen atoms in total. The van der Waals surface area contributed by atoms with Crippen LogP contribution in [0.15, 0.2) is 12.1 Å². The lowest BCUT2D eigenvalue weighted by Gasteiger charge is -2.09. The molecule has 1 N–H and O–H groups in total. The molecule has 0 fully saturated rings. The Morgan fingerprint density at radius 2 is 2.33 bits per heavy atom. The molecule has 0 saturated carbocycles. The van der Waals surface area contributed by atoms with E-state index in [4.69, 9.17) is 16.3 Å². The van der Waals surface area contributed by atoms with Gasteiger partial charge in [-0.15, -0.1) is 0 Å². The van der Waals surface area contributed by atoms with E-state index in [9.17, 15) is 0 Å². The molecular weight excluding hydrogens is 324 g/mol. The maximum atomic E-state index is 6.06. The van der Waals surface area contributed by atoms with Gasteiger partial charge >= 0.3 is 0 Å². The lowest BCUT2D eigenvalue weighted by molar-refractivity contribution is 0.352. The van der Waals surface area contributed by atoms with Gasteiger partial charge in [0.1, 0.15) is 5.75 Å². The monoisotopic (exact) mass is 337 g/mol. The zero-order chi connectivity index (χ0) is 10.7. The van der Waals surface area contributed by atoms with Crippen molar-refractivity contribution in [2.75, 3.05) is 17.6 Å². The zero-order valence-corrected chi connectivity index (χ0v) is 11.3. The summed E-state index contributed by atoms with van der Waals surface area (Å²) in [5.74, 6) is 1.04. The lowest BCUT2D eigenvalue weighted by atomic mass is 10.1. The van der Waals surface area contributed by atoms with E-state index in [0.717, 1.165) is 41.3 Å². The molecule has 1 aromatic carbocycles. The zero-order valence-electron chi connectivity index (χ0n) is 8.35. The Morgan fingerprint density at radius 3 is 3.13 bits per heavy atom. The summed E-state index contributed by atoms with van der Waals surface area (Å²) in [6, 6.07) is 4.00. The van der Waals surface area contributed by atoms with Gasteiger partial charge < -0.3 is 10.1 Å². The Balaban J connectivity index is 2.15. The number of hydrogen-bond donors (Lipinski definition) is 1. The van der Waals surface area contributed by atoms with Crippen molar-refractivity contribution in [3.05, 3.63) is 28.3 Å². The van der Waals surface area contributed by atoms with Gasteiger partial charge in [0.25, 0.3) is 0 Å². The van der Waals surface area contributed by atoms with Gasteiger partial charge in [-0.3, -0.25) is 0 Å². The van der Waals surface area contributed by atoms with Crippen molar-refractivity contribution in [2.45, 2.75) is 13.0 Å². The number of nitrogens with one attached hydrogen (secondary N) is 1. The minimum atomic E-state index is 0.787. The number of ether oxygens (including phenoxy) is 1. The molecule has 4 heteroatoms. The summed E-state index contributed by atoms with van der Waals surface area (Å²) in [5, 5.41) is 4.17. The van der Waals surface area contributed by atoms with Crippen LogP contribution >= 0.6 is 34.2 Å². The highest BCUT2D eigenvalue weighted by molar-refractivity contribution is 14.1. The molecule has 0 spiro atoms. The standard InChI is InChI=1S/C11H13ClINO/c12-10-5-8-1-4-15-11(8)9(6-10)7-14-3-2-13/h5-6,14H,1-4,7H2. The predicted octanol–water partition coefficient (Wildman–Crippen LogP) is 2.80. The van der Waals surface area contributed by atoms with Crippen molar-refractivity contribution in [2.24, 2.45) is 0 Å². The van der Waals surface area contributed by atoms with Crippen molar-refractivity contribution in [1.29, 1.82) is 0 Å². The molecule has 0 aliphatic carbocycles. The molecule has 1 aliphatic heterocycles. The Kier molecular flexibility index (Phi) is 4.11. The van der Waals surface area contributed by atoms with Gasteiger partial charge in [0.05, 0.1) is 6.61 Å². The second-order valence-corrected chi connectivity index (χ2v) is 5.03. The molecule has 1 heterocycles. The molecule has 1 aliphatic rings. The Hall–Kier alpha value is -0.0000000000000000555. The van der Waals surface area contributed by atoms with E-state index >= 15 is 0 Å². The fourth-order valence-corrected chi connectivity index (χ4v) is 2.41. The highest BCUT2D eigenvalue weighted by Crippen LogP contribution is 2.32. The van der Waals surface area contributed by atoms with E-state index in [2.05, 4.69) is 27.9 Å². The van der Waals surface area contributed by atoms with Crippen molar-refractivity contribution in [3.63, 3.8) is 0 Å². The predicted molar refractivity (Wildman–Crippen MR) is 71.2 cm³/mol. The molecule has 0 bridgehead atoms. The van der Waals surface area contributed by atoms with Gasteiger partial charge in [0.15, 0.2) is 0 Å². The molecular formula is C11H13ClINO. The van der Waals surface area contributed by atoms with Crippen LogP contribution in [0.2, 0.25) is 5.02 Å². The number of hydrogen-bond acceptors (Lipinski definition) is 2. The van der Waals surface area contributed by atoms with E-state index in [1.165, 1.54) is 11.1 Å². The van der Waals surface area contributed by atoms with Crippen LogP contribution < -0.4 is 10.1 Å². The highest BCUT2D eigenvalue weighted by Gasteiger charge is 2.16. The SMILES string of the molecule is Clc1cc2c(c(CNCCI)c1)OCC2. The smallest absolute Gasteiger partial charge is 0.127 e. The van der Waals surface area contributed by atoms with Gasteiger partial charge in [-0.1, -0.05) is 34.2 Å². The van der Waals surface area contributed by atoms with E-state index in [1.54, 1.807) is 0 Å². The molecule has 0 saturated heterocycles. The summed E-state index contributed by atoms with van der Waals surface area (Å²) < 4.78 is 6.73. The van der Waals surface area contributed by atoms with E-state index < -0.39 is 0 Å². The molecule has 2 rings (SSSR count). The topological polar surface area (TPSA) is 21.3 Å². The summed E-state index contributed by atoms with van der Waals surface area (Å²) in [5.41, 5.74) is 2.42. The van der Waals surface area contributed by atoms with Crippen molar-refractivity contribution >= 4 is 34.2 Å². The van der Waals surface area contributed by atoms with Gasteiger partial charge in [-0.2, -0.15) is 0 Å². The average molecular weight is 338 g/mol. The molecule has 0 atom stereocenters. The lowest BCUT2D eigenvalue weighted by Crippen LogP contribution is -2.16. The first-order valence-electron chi connectivity index (χ1n) is 5.02. The molecule has 82 valence electrons. The average Bonchev–Trinajstić information content (AvgIpc) is 2.65. The quantitative estimate of drug-likeness (QED) is 0.518.